The lowest BCUT2D eigenvalue weighted by molar-refractivity contribution is 0.0968. The molecule has 6 nitrogen and oxygen atoms in total. The SMILES string of the molecule is CC(C)(C)CCCC(=O)c1nc(-c2ccccn2)[nH]c(=O)c1O. The summed E-state index contributed by atoms with van der Waals surface area (Å²) in [7, 11) is 0. The molecule has 0 radical (unpaired) electrons. The van der Waals surface area contributed by atoms with E-state index in [0.29, 0.717) is 12.1 Å². The fraction of sp³-hybridized carbons (Fsp3) is 0.412. The first-order valence-electron chi connectivity index (χ1n) is 7.56. The van der Waals surface area contributed by atoms with Crippen molar-refractivity contribution in [1.29, 1.82) is 0 Å². The summed E-state index contributed by atoms with van der Waals surface area (Å²) in [6.07, 6.45) is 3.35. The Hall–Kier alpha value is -2.50. The van der Waals surface area contributed by atoms with Crippen LogP contribution < -0.4 is 5.56 Å². The topological polar surface area (TPSA) is 95.9 Å². The number of carbonyl (C=O) groups excluding carboxylic acids is 1. The molecule has 2 N–H and O–H groups in total. The highest BCUT2D eigenvalue weighted by Gasteiger charge is 2.19. The molecular formula is C17H21N3O3. The van der Waals surface area contributed by atoms with Gasteiger partial charge in [-0.25, -0.2) is 4.98 Å². The number of hydrogen-bond donors (Lipinski definition) is 2. The van der Waals surface area contributed by atoms with Crippen LogP contribution in [0.4, 0.5) is 0 Å². The zero-order valence-corrected chi connectivity index (χ0v) is 13.6. The van der Waals surface area contributed by atoms with E-state index in [2.05, 4.69) is 35.7 Å². The third-order valence-corrected chi connectivity index (χ3v) is 3.40. The van der Waals surface area contributed by atoms with Gasteiger partial charge in [0, 0.05) is 12.6 Å². The fourth-order valence-corrected chi connectivity index (χ4v) is 2.18. The van der Waals surface area contributed by atoms with E-state index >= 15 is 0 Å². The summed E-state index contributed by atoms with van der Waals surface area (Å²) in [5, 5.41) is 9.85. The molecule has 2 rings (SSSR count). The van der Waals surface area contributed by atoms with Crippen LogP contribution in [0.1, 0.15) is 50.5 Å². The van der Waals surface area contributed by atoms with E-state index in [1.54, 1.807) is 24.4 Å². The first kappa shape index (κ1) is 16.9. The zero-order chi connectivity index (χ0) is 17.0. The van der Waals surface area contributed by atoms with Crippen molar-refractivity contribution in [2.75, 3.05) is 0 Å². The van der Waals surface area contributed by atoms with Crippen LogP contribution in [0.5, 0.6) is 5.75 Å². The fourth-order valence-electron chi connectivity index (χ4n) is 2.18. The minimum absolute atomic E-state index is 0.128. The number of pyridine rings is 1. The number of aromatic hydroxyl groups is 1. The number of aromatic nitrogens is 3. The lowest BCUT2D eigenvalue weighted by Gasteiger charge is -2.17. The van der Waals surface area contributed by atoms with Crippen LogP contribution in [0.25, 0.3) is 11.5 Å². The lowest BCUT2D eigenvalue weighted by Crippen LogP contribution is -2.16. The van der Waals surface area contributed by atoms with Gasteiger partial charge >= 0.3 is 0 Å². The van der Waals surface area contributed by atoms with E-state index in [4.69, 9.17) is 0 Å². The second-order valence-corrected chi connectivity index (χ2v) is 6.66. The van der Waals surface area contributed by atoms with Crippen LogP contribution in [0.3, 0.4) is 0 Å². The van der Waals surface area contributed by atoms with Gasteiger partial charge in [-0.2, -0.15) is 0 Å². The molecule has 0 bridgehead atoms. The molecule has 0 saturated heterocycles. The summed E-state index contributed by atoms with van der Waals surface area (Å²) in [5.41, 5.74) is -0.361. The van der Waals surface area contributed by atoms with Gasteiger partial charge in [0.15, 0.2) is 17.3 Å². The molecular weight excluding hydrogens is 294 g/mol. The summed E-state index contributed by atoms with van der Waals surface area (Å²) >= 11 is 0. The highest BCUT2D eigenvalue weighted by molar-refractivity contribution is 5.96. The molecule has 0 amide bonds. The highest BCUT2D eigenvalue weighted by atomic mass is 16.3. The van der Waals surface area contributed by atoms with E-state index in [9.17, 15) is 14.7 Å². The Kier molecular flexibility index (Phi) is 4.93. The molecule has 122 valence electrons. The summed E-state index contributed by atoms with van der Waals surface area (Å²) in [4.78, 5) is 34.8. The van der Waals surface area contributed by atoms with E-state index in [0.717, 1.165) is 6.42 Å². The number of rotatable bonds is 5. The second-order valence-electron chi connectivity index (χ2n) is 6.66. The maximum atomic E-state index is 12.3. The van der Waals surface area contributed by atoms with Gasteiger partial charge in [0.2, 0.25) is 5.75 Å². The van der Waals surface area contributed by atoms with E-state index in [-0.39, 0.29) is 29.1 Å². The van der Waals surface area contributed by atoms with Crippen LogP contribution in [-0.4, -0.2) is 25.8 Å². The van der Waals surface area contributed by atoms with Gasteiger partial charge < -0.3 is 10.1 Å². The van der Waals surface area contributed by atoms with E-state index in [1.807, 2.05) is 0 Å². The number of hydrogen-bond acceptors (Lipinski definition) is 5. The van der Waals surface area contributed by atoms with Crippen molar-refractivity contribution in [1.82, 2.24) is 15.0 Å². The number of Topliss-reactive ketones (excluding diaryl/α,β-unsaturated/α-hetero) is 1. The zero-order valence-electron chi connectivity index (χ0n) is 13.6. The van der Waals surface area contributed by atoms with Crippen molar-refractivity contribution in [2.45, 2.75) is 40.0 Å². The van der Waals surface area contributed by atoms with Crippen molar-refractivity contribution in [3.8, 4) is 17.3 Å². The third kappa shape index (κ3) is 4.48. The van der Waals surface area contributed by atoms with Crippen LogP contribution >= 0.6 is 0 Å². The molecule has 0 atom stereocenters. The van der Waals surface area contributed by atoms with Crippen LogP contribution in [-0.2, 0) is 0 Å². The minimum atomic E-state index is -0.736. The number of aromatic amines is 1. The molecule has 0 aliphatic carbocycles. The van der Waals surface area contributed by atoms with Gasteiger partial charge in [-0.1, -0.05) is 26.8 Å². The van der Waals surface area contributed by atoms with Gasteiger partial charge in [0.25, 0.3) is 5.56 Å². The van der Waals surface area contributed by atoms with Crippen LogP contribution in [0.2, 0.25) is 0 Å². The Balaban J connectivity index is 2.26. The van der Waals surface area contributed by atoms with E-state index < -0.39 is 11.3 Å². The average Bonchev–Trinajstić information content (AvgIpc) is 2.49. The molecule has 2 aromatic rings. The van der Waals surface area contributed by atoms with Crippen LogP contribution in [0, 0.1) is 5.41 Å². The van der Waals surface area contributed by atoms with Crippen molar-refractivity contribution in [3.05, 3.63) is 40.4 Å². The maximum absolute atomic E-state index is 12.3. The number of nitrogens with one attached hydrogen (secondary N) is 1. The molecule has 23 heavy (non-hydrogen) atoms. The van der Waals surface area contributed by atoms with E-state index in [1.165, 1.54) is 0 Å². The molecule has 0 fully saturated rings. The first-order valence-corrected chi connectivity index (χ1v) is 7.56. The predicted molar refractivity (Wildman–Crippen MR) is 87.4 cm³/mol. The first-order chi connectivity index (χ1) is 10.8. The molecule has 0 saturated carbocycles. The number of carbonyl (C=O) groups is 1. The lowest BCUT2D eigenvalue weighted by atomic mass is 9.89. The van der Waals surface area contributed by atoms with Crippen molar-refractivity contribution < 1.29 is 9.90 Å². The monoisotopic (exact) mass is 315 g/mol. The molecule has 6 heteroatoms. The summed E-state index contributed by atoms with van der Waals surface area (Å²) in [6.45, 7) is 6.29. The third-order valence-electron chi connectivity index (χ3n) is 3.40. The Morgan fingerprint density at radius 3 is 2.65 bits per heavy atom. The minimum Gasteiger partial charge on any atom is -0.501 e. The Labute approximate surface area is 134 Å². The largest absolute Gasteiger partial charge is 0.501 e. The quantitative estimate of drug-likeness (QED) is 0.827. The summed E-state index contributed by atoms with van der Waals surface area (Å²) in [6, 6.07) is 5.16. The van der Waals surface area contributed by atoms with Gasteiger partial charge in [0.1, 0.15) is 5.69 Å². The van der Waals surface area contributed by atoms with Gasteiger partial charge in [-0.15, -0.1) is 0 Å². The molecule has 2 aromatic heterocycles. The van der Waals surface area contributed by atoms with Crippen LogP contribution in [0.15, 0.2) is 29.2 Å². The number of H-pyrrole nitrogens is 1. The smallest absolute Gasteiger partial charge is 0.294 e. The van der Waals surface area contributed by atoms with Gasteiger partial charge in [0.05, 0.1) is 0 Å². The highest BCUT2D eigenvalue weighted by Crippen LogP contribution is 2.23. The Morgan fingerprint density at radius 1 is 1.30 bits per heavy atom. The van der Waals surface area contributed by atoms with Crippen molar-refractivity contribution in [3.63, 3.8) is 0 Å². The Morgan fingerprint density at radius 2 is 2.04 bits per heavy atom. The summed E-state index contributed by atoms with van der Waals surface area (Å²) < 4.78 is 0. The normalized spacial score (nSPS) is 11.4. The predicted octanol–water partition coefficient (Wildman–Crippen LogP) is 2.94. The molecule has 0 aliphatic rings. The number of nitrogens with zero attached hydrogens (tertiary/aromatic N) is 2. The maximum Gasteiger partial charge on any atom is 0.294 e. The Bertz CT molecular complexity index is 746. The molecule has 2 heterocycles. The molecule has 0 aliphatic heterocycles. The summed E-state index contributed by atoms with van der Waals surface area (Å²) in [5.74, 6) is -0.798. The van der Waals surface area contributed by atoms with Crippen molar-refractivity contribution in [2.24, 2.45) is 5.41 Å². The van der Waals surface area contributed by atoms with Gasteiger partial charge in [-0.3, -0.25) is 14.6 Å². The second kappa shape index (κ2) is 6.73. The molecule has 0 aromatic carbocycles. The average molecular weight is 315 g/mol. The number of ketones is 1. The molecule has 0 unspecified atom stereocenters. The molecule has 0 spiro atoms. The standard InChI is InChI=1S/C17H21N3O3/c1-17(2,3)9-6-8-12(21)13-14(22)16(23)20-15(19-13)11-7-4-5-10-18-11/h4-5,7,10,22H,6,8-9H2,1-3H3,(H,19,20,23). The van der Waals surface area contributed by atoms with Gasteiger partial charge in [-0.05, 0) is 30.4 Å². The van der Waals surface area contributed by atoms with Crippen molar-refractivity contribution >= 4 is 5.78 Å².